The van der Waals surface area contributed by atoms with Crippen molar-refractivity contribution in [2.45, 2.75) is 12.6 Å². The quantitative estimate of drug-likeness (QED) is 0.762. The summed E-state index contributed by atoms with van der Waals surface area (Å²) in [7, 11) is 0. The maximum absolute atomic E-state index is 10.6. The minimum Gasteiger partial charge on any atom is -0.480 e. The zero-order valence-corrected chi connectivity index (χ0v) is 8.00. The number of carboxylic acid groups (broad SMARTS) is 1. The molecule has 0 aliphatic rings. The van der Waals surface area contributed by atoms with Crippen molar-refractivity contribution < 1.29 is 9.90 Å². The minimum absolute atomic E-state index is 0.232. The van der Waals surface area contributed by atoms with Gasteiger partial charge in [0, 0.05) is 24.3 Å². The molecular weight excluding hydrogens is 194 g/mol. The molecule has 2 aromatic rings. The lowest BCUT2D eigenvalue weighted by molar-refractivity contribution is -0.138. The van der Waals surface area contributed by atoms with Crippen LogP contribution in [0.25, 0.3) is 11.0 Å². The number of pyridine rings is 1. The molecule has 0 fully saturated rings. The number of aromatic nitrogens is 2. The van der Waals surface area contributed by atoms with Gasteiger partial charge in [0.25, 0.3) is 0 Å². The normalized spacial score (nSPS) is 12.9. The van der Waals surface area contributed by atoms with Gasteiger partial charge in [-0.3, -0.25) is 4.79 Å². The van der Waals surface area contributed by atoms with Crippen molar-refractivity contribution >= 4 is 17.0 Å². The van der Waals surface area contributed by atoms with Crippen molar-refractivity contribution in [3.63, 3.8) is 0 Å². The fourth-order valence-electron chi connectivity index (χ4n) is 1.46. The summed E-state index contributed by atoms with van der Waals surface area (Å²) in [5.41, 5.74) is 6.21. The summed E-state index contributed by atoms with van der Waals surface area (Å²) in [5, 5.41) is 9.68. The standard InChI is InChI=1S/C10H11N3O2/c11-8(10(14)15)6-13-5-3-7-2-1-4-12-9(7)13/h1-5,8H,6,11H2,(H,14,15). The lowest BCUT2D eigenvalue weighted by atomic mass is 10.3. The van der Waals surface area contributed by atoms with Gasteiger partial charge < -0.3 is 15.4 Å². The minimum atomic E-state index is -1.01. The number of nitrogens with zero attached hydrogens (tertiary/aromatic N) is 2. The van der Waals surface area contributed by atoms with Gasteiger partial charge >= 0.3 is 5.97 Å². The van der Waals surface area contributed by atoms with Crippen molar-refractivity contribution in [3.05, 3.63) is 30.6 Å². The monoisotopic (exact) mass is 205 g/mol. The van der Waals surface area contributed by atoms with Gasteiger partial charge in [-0.1, -0.05) is 0 Å². The third-order valence-electron chi connectivity index (χ3n) is 2.23. The van der Waals surface area contributed by atoms with Crippen molar-refractivity contribution in [1.82, 2.24) is 9.55 Å². The molecule has 0 aliphatic carbocycles. The second-order valence-electron chi connectivity index (χ2n) is 3.33. The van der Waals surface area contributed by atoms with Crippen LogP contribution >= 0.6 is 0 Å². The highest BCUT2D eigenvalue weighted by Crippen LogP contribution is 2.12. The van der Waals surface area contributed by atoms with Gasteiger partial charge in [-0.25, -0.2) is 4.98 Å². The maximum Gasteiger partial charge on any atom is 0.322 e. The number of hydrogen-bond donors (Lipinski definition) is 2. The van der Waals surface area contributed by atoms with E-state index in [1.54, 1.807) is 17.0 Å². The molecule has 0 amide bonds. The Kier molecular flexibility index (Phi) is 2.39. The van der Waals surface area contributed by atoms with Crippen LogP contribution < -0.4 is 5.73 Å². The van der Waals surface area contributed by atoms with Gasteiger partial charge in [-0.15, -0.1) is 0 Å². The Bertz CT molecular complexity index is 492. The summed E-state index contributed by atoms with van der Waals surface area (Å²) < 4.78 is 1.74. The van der Waals surface area contributed by atoms with Gasteiger partial charge in [0.05, 0.1) is 0 Å². The average Bonchev–Trinajstić information content (AvgIpc) is 2.62. The maximum atomic E-state index is 10.6. The molecule has 0 aliphatic heterocycles. The molecule has 5 heteroatoms. The lowest BCUT2D eigenvalue weighted by Gasteiger charge is -2.08. The van der Waals surface area contributed by atoms with Gasteiger partial charge in [-0.2, -0.15) is 0 Å². The predicted octanol–water partition coefficient (Wildman–Crippen LogP) is 0.448. The van der Waals surface area contributed by atoms with E-state index >= 15 is 0 Å². The second kappa shape index (κ2) is 3.70. The molecule has 1 unspecified atom stereocenters. The summed E-state index contributed by atoms with van der Waals surface area (Å²) in [4.78, 5) is 14.8. The molecule has 2 aromatic heterocycles. The van der Waals surface area contributed by atoms with Crippen LogP contribution in [0.15, 0.2) is 30.6 Å². The SMILES string of the molecule is NC(Cn1ccc2cccnc21)C(=O)O. The fourth-order valence-corrected chi connectivity index (χ4v) is 1.46. The van der Waals surface area contributed by atoms with Crippen LogP contribution in [0.2, 0.25) is 0 Å². The zero-order valence-electron chi connectivity index (χ0n) is 8.00. The van der Waals surface area contributed by atoms with E-state index < -0.39 is 12.0 Å². The molecule has 5 nitrogen and oxygen atoms in total. The molecule has 2 rings (SSSR count). The van der Waals surface area contributed by atoms with Crippen LogP contribution in [-0.4, -0.2) is 26.7 Å². The molecule has 1 atom stereocenters. The molecule has 15 heavy (non-hydrogen) atoms. The van der Waals surface area contributed by atoms with E-state index in [-0.39, 0.29) is 6.54 Å². The summed E-state index contributed by atoms with van der Waals surface area (Å²) in [6.45, 7) is 0.232. The van der Waals surface area contributed by atoms with E-state index in [9.17, 15) is 4.79 Å². The second-order valence-corrected chi connectivity index (χ2v) is 3.33. The molecular formula is C10H11N3O2. The first-order chi connectivity index (χ1) is 7.18. The van der Waals surface area contributed by atoms with Crippen molar-refractivity contribution in [2.75, 3.05) is 0 Å². The molecule has 0 radical (unpaired) electrons. The van der Waals surface area contributed by atoms with Gasteiger partial charge in [0.1, 0.15) is 11.7 Å². The predicted molar refractivity (Wildman–Crippen MR) is 55.3 cm³/mol. The third kappa shape index (κ3) is 1.82. The smallest absolute Gasteiger partial charge is 0.322 e. The summed E-state index contributed by atoms with van der Waals surface area (Å²) >= 11 is 0. The molecule has 78 valence electrons. The first kappa shape index (κ1) is 9.67. The number of nitrogens with two attached hydrogens (primary N) is 1. The van der Waals surface area contributed by atoms with E-state index in [0.29, 0.717) is 0 Å². The largest absolute Gasteiger partial charge is 0.480 e. The fraction of sp³-hybridized carbons (Fsp3) is 0.200. The number of rotatable bonds is 3. The van der Waals surface area contributed by atoms with Crippen molar-refractivity contribution in [3.8, 4) is 0 Å². The van der Waals surface area contributed by atoms with Crippen LogP contribution in [0.1, 0.15) is 0 Å². The number of fused-ring (bicyclic) bond motifs is 1. The number of aliphatic carboxylic acids is 1. The van der Waals surface area contributed by atoms with E-state index in [4.69, 9.17) is 10.8 Å². The van der Waals surface area contributed by atoms with Gasteiger partial charge in [-0.05, 0) is 18.2 Å². The van der Waals surface area contributed by atoms with E-state index in [1.807, 2.05) is 18.2 Å². The van der Waals surface area contributed by atoms with Gasteiger partial charge in [0.2, 0.25) is 0 Å². The highest BCUT2D eigenvalue weighted by molar-refractivity contribution is 5.77. The number of carboxylic acids is 1. The van der Waals surface area contributed by atoms with Crippen LogP contribution in [0.3, 0.4) is 0 Å². The number of carbonyl (C=O) groups is 1. The summed E-state index contributed by atoms with van der Waals surface area (Å²) in [6, 6.07) is 4.74. The Labute approximate surface area is 86.1 Å². The topological polar surface area (TPSA) is 81.1 Å². The van der Waals surface area contributed by atoms with E-state index in [1.165, 1.54) is 0 Å². The van der Waals surface area contributed by atoms with Crippen molar-refractivity contribution in [2.24, 2.45) is 5.73 Å². The Hall–Kier alpha value is -1.88. The Balaban J connectivity index is 2.32. The molecule has 0 saturated heterocycles. The molecule has 2 heterocycles. The highest BCUT2D eigenvalue weighted by atomic mass is 16.4. The van der Waals surface area contributed by atoms with Crippen LogP contribution in [0.4, 0.5) is 0 Å². The van der Waals surface area contributed by atoms with Crippen molar-refractivity contribution in [1.29, 1.82) is 0 Å². The van der Waals surface area contributed by atoms with Crippen LogP contribution in [-0.2, 0) is 11.3 Å². The molecule has 0 aromatic carbocycles. The van der Waals surface area contributed by atoms with Crippen LogP contribution in [0, 0.1) is 0 Å². The Morgan fingerprint density at radius 2 is 2.40 bits per heavy atom. The van der Waals surface area contributed by atoms with E-state index in [2.05, 4.69) is 4.98 Å². The van der Waals surface area contributed by atoms with E-state index in [0.717, 1.165) is 11.0 Å². The van der Waals surface area contributed by atoms with Crippen LogP contribution in [0.5, 0.6) is 0 Å². The molecule has 0 saturated carbocycles. The number of hydrogen-bond acceptors (Lipinski definition) is 3. The Morgan fingerprint density at radius 3 is 3.13 bits per heavy atom. The highest BCUT2D eigenvalue weighted by Gasteiger charge is 2.13. The lowest BCUT2D eigenvalue weighted by Crippen LogP contribution is -2.34. The Morgan fingerprint density at radius 1 is 1.60 bits per heavy atom. The molecule has 0 bridgehead atoms. The summed E-state index contributed by atoms with van der Waals surface area (Å²) in [5.74, 6) is -1.01. The average molecular weight is 205 g/mol. The van der Waals surface area contributed by atoms with Gasteiger partial charge in [0.15, 0.2) is 0 Å². The summed E-state index contributed by atoms with van der Waals surface area (Å²) in [6.07, 6.45) is 3.46. The first-order valence-corrected chi connectivity index (χ1v) is 4.57. The third-order valence-corrected chi connectivity index (χ3v) is 2.23. The first-order valence-electron chi connectivity index (χ1n) is 4.57. The molecule has 3 N–H and O–H groups in total. The zero-order chi connectivity index (χ0) is 10.8. The molecule has 0 spiro atoms.